The molecule has 1 heterocycles. The van der Waals surface area contributed by atoms with Crippen molar-refractivity contribution in [2.45, 2.75) is 39.6 Å². The average Bonchev–Trinajstić information content (AvgIpc) is 2.55. The van der Waals surface area contributed by atoms with Crippen LogP contribution in [0.4, 0.5) is 29.1 Å². The minimum Gasteiger partial charge on any atom is -0.449 e. The zero-order valence-electron chi connectivity index (χ0n) is 17.5. The Morgan fingerprint density at radius 1 is 1.24 bits per heavy atom. The molecule has 1 aromatic carbocycles. The number of azide groups is 1. The van der Waals surface area contributed by atoms with E-state index in [1.165, 1.54) is 12.1 Å². The maximum Gasteiger partial charge on any atom is 1.00 e. The normalized spacial score (nSPS) is 14.7. The molecule has 0 bridgehead atoms. The van der Waals surface area contributed by atoms with Gasteiger partial charge >= 0.3 is 64.5 Å². The molecule has 1 aromatic rings. The monoisotopic (exact) mass is 437 g/mol. The molecule has 0 saturated carbocycles. The topological polar surface area (TPSA) is 81.5 Å². The second-order valence-electron chi connectivity index (χ2n) is 7.82. The van der Waals surface area contributed by atoms with Crippen LogP contribution in [0.15, 0.2) is 17.2 Å². The van der Waals surface area contributed by atoms with E-state index in [4.69, 9.17) is 10.3 Å². The summed E-state index contributed by atoms with van der Waals surface area (Å²) in [4.78, 5) is 18.4. The third kappa shape index (κ3) is 8.03. The first-order valence-corrected chi connectivity index (χ1v) is 9.02. The van der Waals surface area contributed by atoms with Crippen molar-refractivity contribution in [3.05, 3.63) is 33.7 Å². The minimum atomic E-state index is -5.01. The zero-order chi connectivity index (χ0) is 21.1. The smallest absolute Gasteiger partial charge is 0.449 e. The molecule has 12 heteroatoms. The summed E-state index contributed by atoms with van der Waals surface area (Å²) >= 11 is 0. The van der Waals surface area contributed by atoms with Gasteiger partial charge < -0.3 is 27.5 Å². The first-order chi connectivity index (χ1) is 12.9. The number of carbonyl (C=O) groups is 1. The Balaban J connectivity index is 0.00000420. The number of amides is 1. The number of carbonyl (C=O) groups excluding carboxylic acids is 1. The number of benzene rings is 1. The number of anilines is 1. The quantitative estimate of drug-likeness (QED) is 0.313. The summed E-state index contributed by atoms with van der Waals surface area (Å²) in [7, 11) is 0. The fraction of sp³-hybridized carbons (Fsp3) is 0.588. The van der Waals surface area contributed by atoms with Gasteiger partial charge in [-0.2, -0.15) is 0 Å². The van der Waals surface area contributed by atoms with Gasteiger partial charge in [0.25, 0.3) is 0 Å². The summed E-state index contributed by atoms with van der Waals surface area (Å²) < 4.78 is 44.0. The molecule has 0 N–H and O–H groups in total. The van der Waals surface area contributed by atoms with Crippen molar-refractivity contribution in [3.63, 3.8) is 0 Å². The Morgan fingerprint density at radius 2 is 1.83 bits per heavy atom. The van der Waals surface area contributed by atoms with Gasteiger partial charge in [-0.3, -0.25) is 0 Å². The first-order valence-electron chi connectivity index (χ1n) is 9.02. The van der Waals surface area contributed by atoms with Gasteiger partial charge in [-0.05, 0) is 44.9 Å². The molecule has 1 fully saturated rings. The largest absolute Gasteiger partial charge is 1.00 e. The van der Waals surface area contributed by atoms with Crippen LogP contribution in [0.5, 0.6) is 0 Å². The summed E-state index contributed by atoms with van der Waals surface area (Å²) in [5.74, 6) is 0. The SMILES string of the molecule is Cc1c(N=[N+]=[N-])cc(C[B-](F)(F)F)cc1N1CCN(C(=O)OC(C)(C)C)CC1.[K+]. The van der Waals surface area contributed by atoms with E-state index in [1.807, 2.05) is 4.90 Å². The maximum atomic E-state index is 12.9. The number of piperazine rings is 1. The van der Waals surface area contributed by atoms with E-state index < -0.39 is 25.0 Å². The molecule has 1 aliphatic heterocycles. The fourth-order valence-corrected chi connectivity index (χ4v) is 3.06. The summed E-state index contributed by atoms with van der Waals surface area (Å²) in [6.07, 6.45) is -1.45. The molecule has 0 aliphatic carbocycles. The van der Waals surface area contributed by atoms with Crippen LogP contribution >= 0.6 is 0 Å². The van der Waals surface area contributed by atoms with Gasteiger partial charge in [-0.15, -0.1) is 0 Å². The van der Waals surface area contributed by atoms with Crippen LogP contribution in [0.1, 0.15) is 31.9 Å². The molecule has 0 radical (unpaired) electrons. The average molecular weight is 437 g/mol. The van der Waals surface area contributed by atoms with Crippen molar-refractivity contribution >= 4 is 24.4 Å². The Hall–Kier alpha value is -0.909. The maximum absolute atomic E-state index is 12.9. The summed E-state index contributed by atoms with van der Waals surface area (Å²) in [6, 6.07) is 2.77. The summed E-state index contributed by atoms with van der Waals surface area (Å²) in [5.41, 5.74) is 9.58. The van der Waals surface area contributed by atoms with E-state index in [9.17, 15) is 17.7 Å². The molecule has 1 amide bonds. The summed E-state index contributed by atoms with van der Waals surface area (Å²) in [5, 5.41) is 3.54. The van der Waals surface area contributed by atoms with Crippen LogP contribution in [0, 0.1) is 6.92 Å². The van der Waals surface area contributed by atoms with Crippen LogP contribution in [-0.4, -0.2) is 49.8 Å². The van der Waals surface area contributed by atoms with Crippen LogP contribution in [-0.2, 0) is 11.1 Å². The first kappa shape index (κ1) is 26.1. The Labute approximate surface area is 211 Å². The van der Waals surface area contributed by atoms with Crippen LogP contribution in [0.2, 0.25) is 0 Å². The fourth-order valence-electron chi connectivity index (χ4n) is 3.06. The zero-order valence-corrected chi connectivity index (χ0v) is 20.6. The van der Waals surface area contributed by atoms with Crippen molar-refractivity contribution in [1.29, 1.82) is 0 Å². The molecule has 0 atom stereocenters. The molecule has 2 rings (SSSR count). The predicted octanol–water partition coefficient (Wildman–Crippen LogP) is 1.93. The van der Waals surface area contributed by atoms with Crippen molar-refractivity contribution < 1.29 is 73.9 Å². The van der Waals surface area contributed by atoms with Crippen LogP contribution in [0.3, 0.4) is 0 Å². The Morgan fingerprint density at radius 3 is 2.31 bits per heavy atom. The van der Waals surface area contributed by atoms with Crippen molar-refractivity contribution in [1.82, 2.24) is 4.90 Å². The van der Waals surface area contributed by atoms with Gasteiger partial charge in [-0.25, -0.2) is 4.79 Å². The number of hydrogen-bond donors (Lipinski definition) is 0. The number of halogens is 3. The summed E-state index contributed by atoms with van der Waals surface area (Å²) in [6.45, 7) is 3.72. The molecule has 29 heavy (non-hydrogen) atoms. The second-order valence-corrected chi connectivity index (χ2v) is 7.82. The van der Waals surface area contributed by atoms with Crippen molar-refractivity contribution in [2.24, 2.45) is 5.11 Å². The van der Waals surface area contributed by atoms with Crippen molar-refractivity contribution in [3.8, 4) is 0 Å². The van der Waals surface area contributed by atoms with Crippen LogP contribution < -0.4 is 56.3 Å². The van der Waals surface area contributed by atoms with Gasteiger partial charge in [0.2, 0.25) is 0 Å². The molecule has 0 aromatic heterocycles. The molecule has 154 valence electrons. The minimum absolute atomic E-state index is 0. The number of hydrogen-bond acceptors (Lipinski definition) is 4. The molecular formula is C17H24BF3KN5O2. The predicted molar refractivity (Wildman–Crippen MR) is 103 cm³/mol. The molecule has 0 unspecified atom stereocenters. The number of nitrogens with zero attached hydrogens (tertiary/aromatic N) is 5. The standard InChI is InChI=1S/C17H24BF3N5O2.K/c1-12-14(23-24-22)9-13(11-18(19,20)21)10-15(12)25-5-7-26(8-6-25)16(27)28-17(2,3)4;/h9-10H,5-8,11H2,1-4H3;/q-1;+1. The van der Waals surface area contributed by atoms with Gasteiger partial charge in [0.15, 0.2) is 0 Å². The van der Waals surface area contributed by atoms with E-state index in [0.29, 0.717) is 37.4 Å². The molecule has 1 aliphatic rings. The van der Waals surface area contributed by atoms with E-state index >= 15 is 0 Å². The molecular weight excluding hydrogens is 413 g/mol. The van der Waals surface area contributed by atoms with E-state index in [-0.39, 0.29) is 62.6 Å². The Bertz CT molecular complexity index is 786. The molecule has 1 saturated heterocycles. The van der Waals surface area contributed by atoms with E-state index in [1.54, 1.807) is 32.6 Å². The molecule has 7 nitrogen and oxygen atoms in total. The number of ether oxygens (including phenoxy) is 1. The number of rotatable bonds is 4. The van der Waals surface area contributed by atoms with Gasteiger partial charge in [0.05, 0.1) is 0 Å². The van der Waals surface area contributed by atoms with Crippen LogP contribution in [0.25, 0.3) is 10.4 Å². The second kappa shape index (κ2) is 10.4. The third-order valence-corrected chi connectivity index (χ3v) is 4.30. The van der Waals surface area contributed by atoms with Crippen molar-refractivity contribution in [2.75, 3.05) is 31.1 Å². The third-order valence-electron chi connectivity index (χ3n) is 4.30. The Kier molecular flexibility index (Phi) is 9.38. The van der Waals surface area contributed by atoms with Gasteiger partial charge in [0, 0.05) is 42.5 Å². The van der Waals surface area contributed by atoms with E-state index in [2.05, 4.69) is 10.0 Å². The van der Waals surface area contributed by atoms with Gasteiger partial charge in [-0.1, -0.05) is 23.1 Å². The van der Waals surface area contributed by atoms with E-state index in [0.717, 1.165) is 0 Å². The van der Waals surface area contributed by atoms with Gasteiger partial charge in [0.1, 0.15) is 5.60 Å². The molecule has 0 spiro atoms.